The molecule has 0 bridgehead atoms. The van der Waals surface area contributed by atoms with Gasteiger partial charge in [-0.2, -0.15) is 8.78 Å². The van der Waals surface area contributed by atoms with Gasteiger partial charge in [0.25, 0.3) is 0 Å². The second-order valence-corrected chi connectivity index (χ2v) is 10.8. The molecule has 0 aliphatic heterocycles. The number of hydrogen-bond donors (Lipinski definition) is 2. The van der Waals surface area contributed by atoms with Crippen LogP contribution in [0.4, 0.5) is 17.6 Å². The number of nitrogens with one attached hydrogen (secondary N) is 1. The van der Waals surface area contributed by atoms with E-state index in [0.717, 1.165) is 35.6 Å². The molecular formula is C32H32F4N2O6. The van der Waals surface area contributed by atoms with E-state index in [1.54, 1.807) is 0 Å². The Kier molecular flexibility index (Phi) is 10.6. The molecule has 2 N–H and O–H groups in total. The van der Waals surface area contributed by atoms with E-state index in [9.17, 15) is 41.8 Å². The summed E-state index contributed by atoms with van der Waals surface area (Å²) < 4.78 is 59.7. The Morgan fingerprint density at radius 2 is 1.59 bits per heavy atom. The van der Waals surface area contributed by atoms with E-state index in [-0.39, 0.29) is 24.4 Å². The number of halogens is 4. The lowest BCUT2D eigenvalue weighted by atomic mass is 9.92. The standard InChI is InChI=1S/C32H32F4N2O6/c1-18(32(43)37-25(16-28(41)42)26(39)17-44-31-29(35)23(33)15-24(34)30(31)36)38(21-11-3-2-4-12-21)27(40)14-20-10-7-9-19-8-5-6-13-22(19)20/h5-10,13,15,18,21,25H,2-4,11-12,14,16-17H2,1H3,(H,37,43)(H,41,42)/t18-,25?/m0/s1. The van der Waals surface area contributed by atoms with Gasteiger partial charge in [-0.15, -0.1) is 0 Å². The molecule has 4 rings (SSSR count). The van der Waals surface area contributed by atoms with Crippen molar-refractivity contribution in [2.45, 2.75) is 70.0 Å². The van der Waals surface area contributed by atoms with E-state index >= 15 is 0 Å². The molecule has 3 aromatic carbocycles. The Bertz CT molecular complexity index is 1530. The molecule has 1 aliphatic rings. The number of hydrogen-bond acceptors (Lipinski definition) is 5. The quantitative estimate of drug-likeness (QED) is 0.217. The van der Waals surface area contributed by atoms with E-state index in [1.807, 2.05) is 42.5 Å². The second kappa shape index (κ2) is 14.3. The summed E-state index contributed by atoms with van der Waals surface area (Å²) >= 11 is 0. The number of fused-ring (bicyclic) bond motifs is 1. The van der Waals surface area contributed by atoms with Crippen LogP contribution in [0.1, 0.15) is 51.0 Å². The monoisotopic (exact) mass is 616 g/mol. The lowest BCUT2D eigenvalue weighted by molar-refractivity contribution is -0.145. The number of carboxylic acid groups (broad SMARTS) is 1. The first kappa shape index (κ1) is 32.4. The highest BCUT2D eigenvalue weighted by Crippen LogP contribution is 2.28. The Hall–Kier alpha value is -4.48. The van der Waals surface area contributed by atoms with Crippen LogP contribution in [-0.2, 0) is 25.6 Å². The zero-order valence-corrected chi connectivity index (χ0v) is 24.0. The van der Waals surface area contributed by atoms with Crippen molar-refractivity contribution in [3.05, 3.63) is 77.4 Å². The fourth-order valence-corrected chi connectivity index (χ4v) is 5.56. The van der Waals surface area contributed by atoms with Gasteiger partial charge >= 0.3 is 5.97 Å². The Balaban J connectivity index is 1.53. The molecule has 12 heteroatoms. The van der Waals surface area contributed by atoms with E-state index in [2.05, 4.69) is 10.1 Å². The first-order chi connectivity index (χ1) is 21.0. The van der Waals surface area contributed by atoms with Gasteiger partial charge in [-0.3, -0.25) is 19.2 Å². The van der Waals surface area contributed by atoms with Crippen LogP contribution in [0, 0.1) is 23.3 Å². The van der Waals surface area contributed by atoms with Gasteiger partial charge < -0.3 is 20.1 Å². The van der Waals surface area contributed by atoms with E-state index in [0.29, 0.717) is 12.8 Å². The third kappa shape index (κ3) is 7.53. The molecule has 234 valence electrons. The van der Waals surface area contributed by atoms with Crippen LogP contribution in [0.3, 0.4) is 0 Å². The molecule has 2 atom stereocenters. The van der Waals surface area contributed by atoms with Crippen LogP contribution in [0.25, 0.3) is 10.8 Å². The summed E-state index contributed by atoms with van der Waals surface area (Å²) in [6, 6.07) is 10.0. The number of Topliss-reactive ketones (excluding diaryl/α,β-unsaturated/α-hetero) is 1. The Morgan fingerprint density at radius 1 is 0.955 bits per heavy atom. The highest BCUT2D eigenvalue weighted by Gasteiger charge is 2.35. The molecule has 3 aromatic rings. The second-order valence-electron chi connectivity index (χ2n) is 10.8. The maximum absolute atomic E-state index is 14.0. The fraction of sp³-hybridized carbons (Fsp3) is 0.375. The first-order valence-electron chi connectivity index (χ1n) is 14.3. The number of benzene rings is 3. The third-order valence-corrected chi connectivity index (χ3v) is 7.79. The number of amides is 2. The van der Waals surface area contributed by atoms with Crippen molar-refractivity contribution in [3.63, 3.8) is 0 Å². The van der Waals surface area contributed by atoms with Crippen LogP contribution >= 0.6 is 0 Å². The summed E-state index contributed by atoms with van der Waals surface area (Å²) in [6.07, 6.45) is 3.08. The molecule has 1 fully saturated rings. The normalized spacial score (nSPS) is 14.9. The predicted molar refractivity (Wildman–Crippen MR) is 152 cm³/mol. The molecule has 1 aliphatic carbocycles. The van der Waals surface area contributed by atoms with Crippen LogP contribution in [0.2, 0.25) is 0 Å². The summed E-state index contributed by atoms with van der Waals surface area (Å²) in [5.74, 6) is -12.5. The highest BCUT2D eigenvalue weighted by molar-refractivity contribution is 5.96. The number of carbonyl (C=O) groups is 4. The fourth-order valence-electron chi connectivity index (χ4n) is 5.56. The average molecular weight is 617 g/mol. The maximum atomic E-state index is 14.0. The zero-order valence-electron chi connectivity index (χ0n) is 24.0. The van der Waals surface area contributed by atoms with Crippen LogP contribution < -0.4 is 10.1 Å². The number of ether oxygens (including phenoxy) is 1. The lowest BCUT2D eigenvalue weighted by Crippen LogP contribution is -2.56. The molecule has 1 saturated carbocycles. The van der Waals surface area contributed by atoms with Crippen molar-refractivity contribution >= 4 is 34.3 Å². The molecule has 0 heterocycles. The van der Waals surface area contributed by atoms with Gasteiger partial charge in [-0.05, 0) is 36.1 Å². The van der Waals surface area contributed by atoms with Gasteiger partial charge in [-0.1, -0.05) is 61.7 Å². The molecule has 0 aromatic heterocycles. The third-order valence-electron chi connectivity index (χ3n) is 7.79. The molecule has 0 saturated heterocycles. The molecule has 2 amide bonds. The van der Waals surface area contributed by atoms with Crippen molar-refractivity contribution in [1.29, 1.82) is 0 Å². The van der Waals surface area contributed by atoms with E-state index in [4.69, 9.17) is 0 Å². The van der Waals surface area contributed by atoms with Crippen molar-refractivity contribution < 1.29 is 46.6 Å². The first-order valence-corrected chi connectivity index (χ1v) is 14.3. The topological polar surface area (TPSA) is 113 Å². The predicted octanol–water partition coefficient (Wildman–Crippen LogP) is 5.10. The maximum Gasteiger partial charge on any atom is 0.305 e. The number of rotatable bonds is 12. The molecule has 1 unspecified atom stereocenters. The number of aliphatic carboxylic acids is 1. The number of carbonyl (C=O) groups excluding carboxylic acids is 3. The minimum atomic E-state index is -1.88. The van der Waals surface area contributed by atoms with Gasteiger partial charge in [0.05, 0.1) is 12.8 Å². The van der Waals surface area contributed by atoms with Crippen LogP contribution in [-0.4, -0.2) is 58.3 Å². The summed E-state index contributed by atoms with van der Waals surface area (Å²) in [6.45, 7) is 0.277. The van der Waals surface area contributed by atoms with Gasteiger partial charge in [0, 0.05) is 12.1 Å². The molecule has 44 heavy (non-hydrogen) atoms. The van der Waals surface area contributed by atoms with Gasteiger partial charge in [-0.25, -0.2) is 8.78 Å². The highest BCUT2D eigenvalue weighted by atomic mass is 19.2. The average Bonchev–Trinajstić information content (AvgIpc) is 3.00. The van der Waals surface area contributed by atoms with E-state index < -0.39 is 71.8 Å². The van der Waals surface area contributed by atoms with Gasteiger partial charge in [0.1, 0.15) is 18.7 Å². The smallest absolute Gasteiger partial charge is 0.305 e. The SMILES string of the molecule is C[C@@H](C(=O)NC(CC(=O)O)C(=O)COc1c(F)c(F)cc(F)c1F)N(C(=O)Cc1cccc2ccccc12)C1CCCCC1. The van der Waals surface area contributed by atoms with Crippen molar-refractivity contribution in [2.75, 3.05) is 6.61 Å². The van der Waals surface area contributed by atoms with Crippen LogP contribution in [0.5, 0.6) is 5.75 Å². The Labute approximate surface area is 251 Å². The number of carboxylic acids is 1. The minimum absolute atomic E-state index is 0.00210. The van der Waals surface area contributed by atoms with Gasteiger partial charge in [0.15, 0.2) is 23.2 Å². The van der Waals surface area contributed by atoms with Crippen LogP contribution in [0.15, 0.2) is 48.5 Å². The summed E-state index contributed by atoms with van der Waals surface area (Å²) in [5.41, 5.74) is 0.769. The summed E-state index contributed by atoms with van der Waals surface area (Å²) in [5, 5.41) is 13.5. The zero-order chi connectivity index (χ0) is 32.0. The van der Waals surface area contributed by atoms with E-state index in [1.165, 1.54) is 11.8 Å². The molecule has 0 spiro atoms. The van der Waals surface area contributed by atoms with Crippen molar-refractivity contribution in [3.8, 4) is 5.75 Å². The lowest BCUT2D eigenvalue weighted by Gasteiger charge is -2.38. The van der Waals surface area contributed by atoms with Crippen molar-refractivity contribution in [1.82, 2.24) is 10.2 Å². The molecule has 8 nitrogen and oxygen atoms in total. The molecular weight excluding hydrogens is 584 g/mol. The summed E-state index contributed by atoms with van der Waals surface area (Å²) in [4.78, 5) is 53.1. The van der Waals surface area contributed by atoms with Crippen molar-refractivity contribution in [2.24, 2.45) is 0 Å². The number of ketones is 1. The molecule has 0 radical (unpaired) electrons. The number of nitrogens with zero attached hydrogens (tertiary/aromatic N) is 1. The largest absolute Gasteiger partial charge is 0.481 e. The van der Waals surface area contributed by atoms with Gasteiger partial charge in [0.2, 0.25) is 23.4 Å². The minimum Gasteiger partial charge on any atom is -0.481 e. The Morgan fingerprint density at radius 3 is 2.25 bits per heavy atom. The summed E-state index contributed by atoms with van der Waals surface area (Å²) in [7, 11) is 0.